The van der Waals surface area contributed by atoms with Gasteiger partial charge < -0.3 is 21.7 Å². The van der Waals surface area contributed by atoms with E-state index in [9.17, 15) is 9.59 Å². The second-order valence-corrected chi connectivity index (χ2v) is 6.35. The van der Waals surface area contributed by atoms with Crippen LogP contribution in [0.4, 0.5) is 17.1 Å². The molecule has 0 aromatic heterocycles. The van der Waals surface area contributed by atoms with Crippen molar-refractivity contribution in [1.29, 1.82) is 0 Å². The molecule has 7 heteroatoms. The number of amides is 2. The molecular formula is C18H27N5O2. The summed E-state index contributed by atoms with van der Waals surface area (Å²) in [6, 6.07) is 5.52. The highest BCUT2D eigenvalue weighted by atomic mass is 16.2. The second-order valence-electron chi connectivity index (χ2n) is 6.35. The molecule has 0 saturated heterocycles. The van der Waals surface area contributed by atoms with Crippen molar-refractivity contribution in [3.63, 3.8) is 0 Å². The first-order valence-electron chi connectivity index (χ1n) is 8.71. The van der Waals surface area contributed by atoms with Gasteiger partial charge >= 0.3 is 0 Å². The first-order valence-corrected chi connectivity index (χ1v) is 8.71. The van der Waals surface area contributed by atoms with Gasteiger partial charge in [0.05, 0.1) is 17.7 Å². The van der Waals surface area contributed by atoms with Gasteiger partial charge in [-0.15, -0.1) is 0 Å². The SMILES string of the molecule is CN(C(=O)C1CCCCC1)c1ccc(NCCC(N)=O)c(N=CN)c1. The molecule has 0 unspecified atom stereocenters. The van der Waals surface area contributed by atoms with Crippen LogP contribution >= 0.6 is 0 Å². The lowest BCUT2D eigenvalue weighted by molar-refractivity contribution is -0.123. The number of nitrogens with zero attached hydrogens (tertiary/aromatic N) is 2. The average Bonchev–Trinajstić information content (AvgIpc) is 2.62. The Balaban J connectivity index is 2.13. The van der Waals surface area contributed by atoms with Crippen molar-refractivity contribution in [3.05, 3.63) is 18.2 Å². The van der Waals surface area contributed by atoms with Crippen LogP contribution in [0.3, 0.4) is 0 Å². The zero-order valence-corrected chi connectivity index (χ0v) is 14.7. The lowest BCUT2D eigenvalue weighted by Gasteiger charge is -2.27. The van der Waals surface area contributed by atoms with Crippen molar-refractivity contribution in [1.82, 2.24) is 0 Å². The molecule has 7 nitrogen and oxygen atoms in total. The van der Waals surface area contributed by atoms with Crippen LogP contribution in [0.2, 0.25) is 0 Å². The number of rotatable bonds is 7. The number of nitrogens with one attached hydrogen (secondary N) is 1. The number of nitrogens with two attached hydrogens (primary N) is 2. The summed E-state index contributed by atoms with van der Waals surface area (Å²) in [5.74, 6) is -0.115. The Morgan fingerprint density at radius 3 is 2.68 bits per heavy atom. The maximum absolute atomic E-state index is 12.7. The van der Waals surface area contributed by atoms with Crippen molar-refractivity contribution in [2.24, 2.45) is 22.4 Å². The van der Waals surface area contributed by atoms with Gasteiger partial charge in [0.15, 0.2) is 0 Å². The molecule has 1 fully saturated rings. The topological polar surface area (TPSA) is 114 Å². The van der Waals surface area contributed by atoms with E-state index in [4.69, 9.17) is 11.5 Å². The number of benzene rings is 1. The standard InChI is InChI=1S/C18H27N5O2/c1-23(18(25)13-5-3-2-4-6-13)14-7-8-15(16(11-14)22-12-19)21-10-9-17(20)24/h7-8,11-13,21H,2-6,9-10H2,1H3,(H2,19,22)(H2,20,24). The van der Waals surface area contributed by atoms with Crippen molar-refractivity contribution in [3.8, 4) is 0 Å². The first kappa shape index (κ1) is 18.8. The summed E-state index contributed by atoms with van der Waals surface area (Å²) in [6.07, 6.45) is 6.82. The molecule has 136 valence electrons. The van der Waals surface area contributed by atoms with E-state index in [2.05, 4.69) is 10.3 Å². The highest BCUT2D eigenvalue weighted by molar-refractivity contribution is 5.95. The van der Waals surface area contributed by atoms with Crippen LogP contribution in [0.25, 0.3) is 0 Å². The third-order valence-electron chi connectivity index (χ3n) is 4.55. The van der Waals surface area contributed by atoms with Gasteiger partial charge in [0.25, 0.3) is 0 Å². The maximum Gasteiger partial charge on any atom is 0.229 e. The van der Waals surface area contributed by atoms with Crippen molar-refractivity contribution in [2.45, 2.75) is 38.5 Å². The fraction of sp³-hybridized carbons (Fsp3) is 0.500. The molecular weight excluding hydrogens is 318 g/mol. The number of carbonyl (C=O) groups excluding carboxylic acids is 2. The van der Waals surface area contributed by atoms with Crippen LogP contribution in [0.5, 0.6) is 0 Å². The molecule has 1 aromatic carbocycles. The Labute approximate surface area is 148 Å². The van der Waals surface area contributed by atoms with E-state index in [0.717, 1.165) is 37.1 Å². The minimum atomic E-state index is -0.370. The molecule has 0 heterocycles. The quantitative estimate of drug-likeness (QED) is 0.519. The highest BCUT2D eigenvalue weighted by Crippen LogP contribution is 2.32. The van der Waals surface area contributed by atoms with Gasteiger partial charge in [-0.1, -0.05) is 19.3 Å². The molecule has 2 amide bonds. The van der Waals surface area contributed by atoms with E-state index in [0.29, 0.717) is 12.2 Å². The highest BCUT2D eigenvalue weighted by Gasteiger charge is 2.25. The molecule has 1 aliphatic rings. The number of hydrogen-bond donors (Lipinski definition) is 3. The van der Waals surface area contributed by atoms with Crippen LogP contribution in [0, 0.1) is 5.92 Å². The Morgan fingerprint density at radius 2 is 2.04 bits per heavy atom. The normalized spacial score (nSPS) is 15.2. The molecule has 1 aliphatic carbocycles. The summed E-state index contributed by atoms with van der Waals surface area (Å²) < 4.78 is 0. The smallest absolute Gasteiger partial charge is 0.229 e. The maximum atomic E-state index is 12.7. The first-order chi connectivity index (χ1) is 12.0. The summed E-state index contributed by atoms with van der Waals surface area (Å²) in [5.41, 5.74) is 12.7. The van der Waals surface area contributed by atoms with Gasteiger partial charge in [0, 0.05) is 31.6 Å². The summed E-state index contributed by atoms with van der Waals surface area (Å²) in [7, 11) is 1.79. The van der Waals surface area contributed by atoms with E-state index >= 15 is 0 Å². The van der Waals surface area contributed by atoms with Crippen LogP contribution in [-0.4, -0.2) is 31.7 Å². The Bertz CT molecular complexity index is 638. The fourth-order valence-corrected chi connectivity index (χ4v) is 3.14. The van der Waals surface area contributed by atoms with Gasteiger partial charge in [0.1, 0.15) is 0 Å². The molecule has 0 bridgehead atoms. The second kappa shape index (κ2) is 9.05. The van der Waals surface area contributed by atoms with Gasteiger partial charge in [-0.25, -0.2) is 4.99 Å². The third kappa shape index (κ3) is 5.20. The molecule has 0 atom stereocenters. The zero-order valence-electron chi connectivity index (χ0n) is 14.7. The molecule has 2 rings (SSSR count). The number of primary amides is 1. The van der Waals surface area contributed by atoms with E-state index in [1.54, 1.807) is 11.9 Å². The van der Waals surface area contributed by atoms with Crippen LogP contribution in [-0.2, 0) is 9.59 Å². The van der Waals surface area contributed by atoms with Crippen LogP contribution < -0.4 is 21.7 Å². The van der Waals surface area contributed by atoms with Crippen molar-refractivity contribution in [2.75, 3.05) is 23.8 Å². The van der Waals surface area contributed by atoms with E-state index in [-0.39, 0.29) is 24.2 Å². The number of anilines is 2. The Morgan fingerprint density at radius 1 is 1.32 bits per heavy atom. The summed E-state index contributed by atoms with van der Waals surface area (Å²) in [4.78, 5) is 29.4. The summed E-state index contributed by atoms with van der Waals surface area (Å²) in [5, 5.41) is 3.11. The van der Waals surface area contributed by atoms with Crippen LogP contribution in [0.1, 0.15) is 38.5 Å². The summed E-state index contributed by atoms with van der Waals surface area (Å²) >= 11 is 0. The Hall–Kier alpha value is -2.57. The largest absolute Gasteiger partial charge is 0.390 e. The lowest BCUT2D eigenvalue weighted by Crippen LogP contribution is -2.33. The minimum absolute atomic E-state index is 0.105. The number of hydrogen-bond acceptors (Lipinski definition) is 4. The van der Waals surface area contributed by atoms with Crippen molar-refractivity contribution < 1.29 is 9.59 Å². The van der Waals surface area contributed by atoms with E-state index in [1.807, 2.05) is 18.2 Å². The molecule has 0 aliphatic heterocycles. The Kier molecular flexibility index (Phi) is 6.80. The molecule has 5 N–H and O–H groups in total. The monoisotopic (exact) mass is 345 g/mol. The molecule has 0 spiro atoms. The van der Waals surface area contributed by atoms with E-state index in [1.165, 1.54) is 12.8 Å². The third-order valence-corrected chi connectivity index (χ3v) is 4.55. The van der Waals surface area contributed by atoms with Gasteiger partial charge in [-0.3, -0.25) is 9.59 Å². The van der Waals surface area contributed by atoms with Gasteiger partial charge in [0.2, 0.25) is 11.8 Å². The molecule has 25 heavy (non-hydrogen) atoms. The predicted octanol–water partition coefficient (Wildman–Crippen LogP) is 2.14. The average molecular weight is 345 g/mol. The van der Waals surface area contributed by atoms with Gasteiger partial charge in [-0.05, 0) is 31.0 Å². The number of carbonyl (C=O) groups is 2. The molecule has 0 radical (unpaired) electrons. The van der Waals surface area contributed by atoms with Crippen molar-refractivity contribution >= 4 is 35.2 Å². The summed E-state index contributed by atoms with van der Waals surface area (Å²) in [6.45, 7) is 0.415. The number of aliphatic imine (C=N–C) groups is 1. The van der Waals surface area contributed by atoms with Crippen LogP contribution in [0.15, 0.2) is 23.2 Å². The van der Waals surface area contributed by atoms with E-state index < -0.39 is 0 Å². The fourth-order valence-electron chi connectivity index (χ4n) is 3.14. The van der Waals surface area contributed by atoms with Gasteiger partial charge in [-0.2, -0.15) is 0 Å². The zero-order chi connectivity index (χ0) is 18.2. The predicted molar refractivity (Wildman–Crippen MR) is 101 cm³/mol. The minimum Gasteiger partial charge on any atom is -0.390 e. The molecule has 1 aromatic rings. The molecule has 1 saturated carbocycles. The lowest BCUT2D eigenvalue weighted by atomic mass is 9.88.